The van der Waals surface area contributed by atoms with Crippen LogP contribution in [0.1, 0.15) is 23.2 Å². The van der Waals surface area contributed by atoms with Crippen molar-refractivity contribution in [1.29, 1.82) is 0 Å². The van der Waals surface area contributed by atoms with Gasteiger partial charge in [0.15, 0.2) is 0 Å². The first-order valence-electron chi connectivity index (χ1n) is 5.63. The fourth-order valence-corrected chi connectivity index (χ4v) is 2.56. The summed E-state index contributed by atoms with van der Waals surface area (Å²) in [6.45, 7) is 4.89. The Balaban J connectivity index is 2.11. The molecular formula is C13H14N2O. The van der Waals surface area contributed by atoms with E-state index in [1.807, 2.05) is 29.2 Å². The molecule has 0 aromatic heterocycles. The molecule has 0 aliphatic carbocycles. The number of para-hydroxylation sites is 1. The smallest absolute Gasteiger partial charge is 0.256 e. The van der Waals surface area contributed by atoms with Crippen molar-refractivity contribution < 1.29 is 4.79 Å². The fraction of sp³-hybridized carbons (Fsp3) is 0.308. The Morgan fingerprint density at radius 2 is 2.19 bits per heavy atom. The third kappa shape index (κ3) is 1.24. The average molecular weight is 214 g/mol. The number of carbonyl (C=O) groups excluding carboxylic acids is 1. The van der Waals surface area contributed by atoms with Gasteiger partial charge in [-0.15, -0.1) is 0 Å². The zero-order valence-corrected chi connectivity index (χ0v) is 9.07. The van der Waals surface area contributed by atoms with Crippen LogP contribution in [0.4, 0.5) is 5.69 Å². The highest BCUT2D eigenvalue weighted by Gasteiger charge is 2.34. The van der Waals surface area contributed by atoms with Crippen LogP contribution < -0.4 is 5.32 Å². The molecule has 0 spiro atoms. The zero-order chi connectivity index (χ0) is 11.1. The molecule has 3 heteroatoms. The number of benzene rings is 1. The summed E-state index contributed by atoms with van der Waals surface area (Å²) in [7, 11) is 0. The number of anilines is 1. The second kappa shape index (κ2) is 3.37. The Morgan fingerprint density at radius 1 is 1.38 bits per heavy atom. The number of amides is 1. The van der Waals surface area contributed by atoms with Crippen LogP contribution in [0.25, 0.3) is 0 Å². The van der Waals surface area contributed by atoms with E-state index in [2.05, 4.69) is 11.9 Å². The zero-order valence-electron chi connectivity index (χ0n) is 9.07. The molecule has 0 saturated carbocycles. The molecule has 0 radical (unpaired) electrons. The Kier molecular flexibility index (Phi) is 1.99. The molecule has 1 amide bonds. The summed E-state index contributed by atoms with van der Waals surface area (Å²) < 4.78 is 0. The average Bonchev–Trinajstić information content (AvgIpc) is 2.74. The van der Waals surface area contributed by atoms with E-state index in [0.29, 0.717) is 0 Å². The molecule has 2 heterocycles. The van der Waals surface area contributed by atoms with Crippen LogP contribution in [0.5, 0.6) is 0 Å². The molecule has 1 N–H and O–H groups in total. The van der Waals surface area contributed by atoms with E-state index in [0.717, 1.165) is 36.3 Å². The summed E-state index contributed by atoms with van der Waals surface area (Å²) in [6.07, 6.45) is 2.09. The number of hydrogen-bond donors (Lipinski definition) is 1. The maximum atomic E-state index is 12.3. The molecule has 2 aliphatic rings. The molecule has 0 unspecified atom stereocenters. The highest BCUT2D eigenvalue weighted by Crippen LogP contribution is 2.31. The summed E-state index contributed by atoms with van der Waals surface area (Å²) in [5.74, 6) is 0.129. The Morgan fingerprint density at radius 3 is 3.06 bits per heavy atom. The molecule has 1 atom stereocenters. The van der Waals surface area contributed by atoms with E-state index in [1.54, 1.807) is 0 Å². The Bertz CT molecular complexity index is 467. The van der Waals surface area contributed by atoms with Gasteiger partial charge in [-0.1, -0.05) is 18.7 Å². The number of nitrogens with one attached hydrogen (secondary N) is 1. The van der Waals surface area contributed by atoms with Gasteiger partial charge in [-0.25, -0.2) is 0 Å². The van der Waals surface area contributed by atoms with Crippen LogP contribution in [-0.2, 0) is 0 Å². The summed E-state index contributed by atoms with van der Waals surface area (Å²) in [5.41, 5.74) is 2.58. The van der Waals surface area contributed by atoms with Gasteiger partial charge < -0.3 is 10.2 Å². The van der Waals surface area contributed by atoms with Crippen molar-refractivity contribution >= 4 is 11.6 Å². The standard InChI is InChI=1S/C13H14N2O/c1-9-12-7-4-8-15(12)13(16)10-5-2-3-6-11(10)14-9/h2-3,5-6,12,14H,1,4,7-8H2/t12-/m0/s1. The topological polar surface area (TPSA) is 32.3 Å². The molecule has 3 nitrogen and oxygen atoms in total. The first-order valence-corrected chi connectivity index (χ1v) is 5.63. The first kappa shape index (κ1) is 9.46. The quantitative estimate of drug-likeness (QED) is 0.718. The molecule has 1 fully saturated rings. The van der Waals surface area contributed by atoms with E-state index < -0.39 is 0 Å². The molecular weight excluding hydrogens is 200 g/mol. The van der Waals surface area contributed by atoms with Crippen molar-refractivity contribution in [3.63, 3.8) is 0 Å². The summed E-state index contributed by atoms with van der Waals surface area (Å²) in [5, 5.41) is 3.27. The summed E-state index contributed by atoms with van der Waals surface area (Å²) >= 11 is 0. The second-order valence-corrected chi connectivity index (χ2v) is 4.35. The Hall–Kier alpha value is -1.77. The van der Waals surface area contributed by atoms with Gasteiger partial charge in [0.25, 0.3) is 5.91 Å². The van der Waals surface area contributed by atoms with Crippen molar-refractivity contribution in [1.82, 2.24) is 4.90 Å². The molecule has 2 aliphatic heterocycles. The predicted octanol–water partition coefficient (Wildman–Crippen LogP) is 2.23. The minimum Gasteiger partial charge on any atom is -0.357 e. The van der Waals surface area contributed by atoms with Crippen LogP contribution in [0.3, 0.4) is 0 Å². The number of fused-ring (bicyclic) bond motifs is 2. The molecule has 0 bridgehead atoms. The third-order valence-electron chi connectivity index (χ3n) is 3.37. The molecule has 1 saturated heterocycles. The van der Waals surface area contributed by atoms with E-state index in [1.165, 1.54) is 0 Å². The molecule has 1 aromatic carbocycles. The van der Waals surface area contributed by atoms with E-state index in [9.17, 15) is 4.79 Å². The third-order valence-corrected chi connectivity index (χ3v) is 3.37. The number of nitrogens with zero attached hydrogens (tertiary/aromatic N) is 1. The highest BCUT2D eigenvalue weighted by atomic mass is 16.2. The van der Waals surface area contributed by atoms with Crippen LogP contribution >= 0.6 is 0 Å². The maximum absolute atomic E-state index is 12.3. The lowest BCUT2D eigenvalue weighted by Crippen LogP contribution is -2.35. The van der Waals surface area contributed by atoms with Crippen molar-refractivity contribution in [2.24, 2.45) is 0 Å². The van der Waals surface area contributed by atoms with Crippen LogP contribution in [0, 0.1) is 0 Å². The normalized spacial score (nSPS) is 23.5. The van der Waals surface area contributed by atoms with Crippen molar-refractivity contribution in [3.05, 3.63) is 42.1 Å². The van der Waals surface area contributed by atoms with Gasteiger partial charge in [-0.3, -0.25) is 4.79 Å². The lowest BCUT2D eigenvalue weighted by Gasteiger charge is -2.22. The number of hydrogen-bond acceptors (Lipinski definition) is 2. The van der Waals surface area contributed by atoms with E-state index in [-0.39, 0.29) is 11.9 Å². The summed E-state index contributed by atoms with van der Waals surface area (Å²) in [4.78, 5) is 14.2. The van der Waals surface area contributed by atoms with Gasteiger partial charge in [0.05, 0.1) is 17.3 Å². The SMILES string of the molecule is C=C1Nc2ccccc2C(=O)N2CCC[C@@H]12. The second-order valence-electron chi connectivity index (χ2n) is 4.35. The van der Waals surface area contributed by atoms with Crippen molar-refractivity contribution in [2.75, 3.05) is 11.9 Å². The van der Waals surface area contributed by atoms with Gasteiger partial charge >= 0.3 is 0 Å². The van der Waals surface area contributed by atoms with Gasteiger partial charge in [-0.2, -0.15) is 0 Å². The number of rotatable bonds is 0. The minimum absolute atomic E-state index is 0.129. The van der Waals surface area contributed by atoms with Crippen molar-refractivity contribution in [3.8, 4) is 0 Å². The molecule has 3 rings (SSSR count). The minimum atomic E-state index is 0.129. The Labute approximate surface area is 94.8 Å². The molecule has 16 heavy (non-hydrogen) atoms. The molecule has 1 aromatic rings. The van der Waals surface area contributed by atoms with Crippen molar-refractivity contribution in [2.45, 2.75) is 18.9 Å². The lowest BCUT2D eigenvalue weighted by atomic mass is 10.1. The monoisotopic (exact) mass is 214 g/mol. The van der Waals surface area contributed by atoms with Crippen LogP contribution in [0.15, 0.2) is 36.5 Å². The predicted molar refractivity (Wildman–Crippen MR) is 63.3 cm³/mol. The fourth-order valence-electron chi connectivity index (χ4n) is 2.56. The first-order chi connectivity index (χ1) is 7.77. The van der Waals surface area contributed by atoms with Gasteiger partial charge in [-0.05, 0) is 25.0 Å². The largest absolute Gasteiger partial charge is 0.357 e. The molecule has 82 valence electrons. The van der Waals surface area contributed by atoms with Crippen LogP contribution in [0.2, 0.25) is 0 Å². The maximum Gasteiger partial charge on any atom is 0.256 e. The van der Waals surface area contributed by atoms with Gasteiger partial charge in [0.2, 0.25) is 0 Å². The highest BCUT2D eigenvalue weighted by molar-refractivity contribution is 6.01. The summed E-state index contributed by atoms with van der Waals surface area (Å²) in [6, 6.07) is 7.81. The van der Waals surface area contributed by atoms with Gasteiger partial charge in [0.1, 0.15) is 0 Å². The van der Waals surface area contributed by atoms with Gasteiger partial charge in [0, 0.05) is 12.2 Å². The lowest BCUT2D eigenvalue weighted by molar-refractivity contribution is 0.0761. The van der Waals surface area contributed by atoms with E-state index in [4.69, 9.17) is 0 Å². The number of carbonyl (C=O) groups is 1. The van der Waals surface area contributed by atoms with E-state index >= 15 is 0 Å². The van der Waals surface area contributed by atoms with Crippen LogP contribution in [-0.4, -0.2) is 23.4 Å².